The zero-order valence-corrected chi connectivity index (χ0v) is 30.7. The Bertz CT molecular complexity index is 1960. The number of carbonyl (C=O) groups is 4. The van der Waals surface area contributed by atoms with Gasteiger partial charge in [0.2, 0.25) is 11.1 Å². The van der Waals surface area contributed by atoms with Crippen LogP contribution in [0.2, 0.25) is 10.0 Å². The second-order valence-electron chi connectivity index (χ2n) is 13.4. The molecule has 2 saturated carbocycles. The van der Waals surface area contributed by atoms with Crippen molar-refractivity contribution in [2.24, 2.45) is 9.98 Å². The van der Waals surface area contributed by atoms with E-state index in [9.17, 15) is 24.4 Å². The van der Waals surface area contributed by atoms with Gasteiger partial charge in [0, 0.05) is 21.2 Å². The third kappa shape index (κ3) is 7.92. The second kappa shape index (κ2) is 16.0. The van der Waals surface area contributed by atoms with Gasteiger partial charge in [-0.2, -0.15) is 5.26 Å². The summed E-state index contributed by atoms with van der Waals surface area (Å²) in [6.07, 6.45) is 9.16. The first-order chi connectivity index (χ1) is 25.0. The van der Waals surface area contributed by atoms with E-state index in [4.69, 9.17) is 44.8 Å². The Morgan fingerprint density at radius 2 is 1.13 bits per heavy atom. The van der Waals surface area contributed by atoms with Crippen molar-refractivity contribution in [1.82, 2.24) is 9.80 Å². The van der Waals surface area contributed by atoms with Crippen molar-refractivity contribution in [2.75, 3.05) is 18.4 Å². The molecule has 0 bridgehead atoms. The van der Waals surface area contributed by atoms with Crippen LogP contribution in [-0.4, -0.2) is 68.6 Å². The van der Waals surface area contributed by atoms with E-state index in [0.717, 1.165) is 69.8 Å². The van der Waals surface area contributed by atoms with Gasteiger partial charge in [0.25, 0.3) is 11.8 Å². The van der Waals surface area contributed by atoms with Crippen molar-refractivity contribution in [3.8, 4) is 6.07 Å². The largest absolute Gasteiger partial charge is 0.323 e. The van der Waals surface area contributed by atoms with Crippen molar-refractivity contribution in [3.63, 3.8) is 0 Å². The lowest BCUT2D eigenvalue weighted by Crippen LogP contribution is -2.51. The third-order valence-electron chi connectivity index (χ3n) is 9.99. The highest BCUT2D eigenvalue weighted by molar-refractivity contribution is 6.64. The molecule has 2 fully saturated rings. The van der Waals surface area contributed by atoms with Crippen LogP contribution in [0.3, 0.4) is 0 Å². The number of carbonyl (C=O) groups excluding carboxylic acids is 4. The number of anilines is 1. The van der Waals surface area contributed by atoms with Gasteiger partial charge in [-0.15, -0.1) is 0 Å². The number of hydrogen-bond donors (Lipinski definition) is 1. The minimum Gasteiger partial charge on any atom is -0.323 e. The van der Waals surface area contributed by atoms with Crippen molar-refractivity contribution >= 4 is 74.9 Å². The van der Waals surface area contributed by atoms with Gasteiger partial charge in [-0.05, 0) is 99.4 Å². The first-order valence-corrected chi connectivity index (χ1v) is 18.5. The lowest BCUT2D eigenvalue weighted by Gasteiger charge is -2.38. The molecule has 13 heteroatoms. The average Bonchev–Trinajstić information content (AvgIpc) is 3.55. The average molecular weight is 760 g/mol. The van der Waals surface area contributed by atoms with Gasteiger partial charge < -0.3 is 15.1 Å². The fourth-order valence-electron chi connectivity index (χ4n) is 7.44. The molecule has 2 aliphatic carbocycles. The fraction of sp³-hybridized carbons (Fsp3) is 0.359. The number of halogens is 3. The molecule has 3 aromatic rings. The Balaban J connectivity index is 0.000000187. The predicted molar refractivity (Wildman–Crippen MR) is 202 cm³/mol. The molecule has 268 valence electrons. The van der Waals surface area contributed by atoms with Crippen molar-refractivity contribution in [3.05, 3.63) is 99.5 Å². The number of benzene rings is 3. The summed E-state index contributed by atoms with van der Waals surface area (Å²) in [5, 5.41) is 12.7. The number of nitrogens with zero attached hydrogens (tertiary/aromatic N) is 5. The van der Waals surface area contributed by atoms with Gasteiger partial charge in [0.05, 0.1) is 17.8 Å². The topological polar surface area (TPSA) is 135 Å². The van der Waals surface area contributed by atoms with Crippen LogP contribution in [0.15, 0.2) is 82.8 Å². The molecule has 2 aliphatic heterocycles. The number of rotatable bonds is 7. The first-order valence-electron chi connectivity index (χ1n) is 17.4. The maximum absolute atomic E-state index is 13.3. The van der Waals surface area contributed by atoms with E-state index < -0.39 is 16.6 Å². The van der Waals surface area contributed by atoms with Gasteiger partial charge in [0.15, 0.2) is 0 Å². The summed E-state index contributed by atoms with van der Waals surface area (Å²) >= 11 is 17.4. The quantitative estimate of drug-likeness (QED) is 0.249. The molecular weight excluding hydrogens is 723 g/mol. The summed E-state index contributed by atoms with van der Waals surface area (Å²) in [5.74, 6) is -0.815. The minimum absolute atomic E-state index is 0.0963. The van der Waals surface area contributed by atoms with Gasteiger partial charge in [0.1, 0.15) is 35.4 Å². The van der Waals surface area contributed by atoms with Crippen LogP contribution in [0.25, 0.3) is 0 Å². The Morgan fingerprint density at radius 1 is 0.692 bits per heavy atom. The molecule has 4 aliphatic rings. The molecule has 0 aromatic heterocycles. The highest BCUT2D eigenvalue weighted by Gasteiger charge is 2.49. The van der Waals surface area contributed by atoms with Crippen LogP contribution in [0.1, 0.15) is 80.9 Å². The van der Waals surface area contributed by atoms with E-state index in [-0.39, 0.29) is 30.8 Å². The maximum atomic E-state index is 13.3. The Hall–Kier alpha value is -4.56. The van der Waals surface area contributed by atoms with E-state index >= 15 is 0 Å². The molecule has 1 N–H and O–H groups in total. The molecular formula is C39H37Cl3N6O4. The van der Waals surface area contributed by atoms with Crippen molar-refractivity contribution in [1.29, 1.82) is 5.26 Å². The smallest absolute Gasteiger partial charge is 0.275 e. The van der Waals surface area contributed by atoms with Gasteiger partial charge >= 0.3 is 0 Å². The molecule has 3 amide bonds. The molecule has 0 saturated heterocycles. The number of nitrogens with one attached hydrogen (secondary N) is 1. The predicted octanol–water partition coefficient (Wildman–Crippen LogP) is 7.54. The maximum Gasteiger partial charge on any atom is 0.275 e. The van der Waals surface area contributed by atoms with E-state index in [1.54, 1.807) is 82.6 Å². The number of aliphatic imine (C=N–C) groups is 2. The van der Waals surface area contributed by atoms with Crippen LogP contribution in [0.5, 0.6) is 0 Å². The molecule has 10 nitrogen and oxygen atoms in total. The van der Waals surface area contributed by atoms with E-state index in [1.165, 1.54) is 0 Å². The molecule has 7 rings (SSSR count). The van der Waals surface area contributed by atoms with E-state index in [2.05, 4.69) is 11.4 Å². The van der Waals surface area contributed by atoms with Crippen LogP contribution >= 0.6 is 34.8 Å². The standard InChI is InChI=1S/C23H21ClN4O2.C16H16Cl2N2O2/c24-18-10-8-16(9-11-18)21-22(30)28(23(27-21)12-4-1-5-13-23)15-20(29)26-19-7-3-2-6-17(19)14-25;17-12-6-4-11(5-7-12)14-15(22)20(10-13(18)21)16(19-14)8-2-1-3-9-16/h2-3,6-11H,1,4-5,12-13,15H2,(H,26,29);4-7H,1-3,8-10H2. The number of hydrogen-bond acceptors (Lipinski definition) is 7. The van der Waals surface area contributed by atoms with Crippen molar-refractivity contribution < 1.29 is 19.2 Å². The highest BCUT2D eigenvalue weighted by atomic mass is 35.5. The lowest BCUT2D eigenvalue weighted by atomic mass is 9.88. The Morgan fingerprint density at radius 3 is 1.58 bits per heavy atom. The highest BCUT2D eigenvalue weighted by Crippen LogP contribution is 2.41. The van der Waals surface area contributed by atoms with E-state index in [1.807, 2.05) is 0 Å². The first kappa shape index (κ1) is 37.2. The SMILES string of the molecule is N#Cc1ccccc1NC(=O)CN1C(=O)C(c2ccc(Cl)cc2)=NC12CCCCC2.O=C(Cl)CN1C(=O)C(c2ccc(Cl)cc2)=NC12CCCCC2. The molecule has 2 heterocycles. The summed E-state index contributed by atoms with van der Waals surface area (Å²) in [5.41, 5.74) is 1.73. The Kier molecular flexibility index (Phi) is 11.4. The molecule has 0 atom stereocenters. The molecule has 0 radical (unpaired) electrons. The summed E-state index contributed by atoms with van der Waals surface area (Å²) in [4.78, 5) is 63.0. The van der Waals surface area contributed by atoms with Crippen molar-refractivity contribution in [2.45, 2.75) is 75.5 Å². The third-order valence-corrected chi connectivity index (χ3v) is 10.6. The van der Waals surface area contributed by atoms with Crippen LogP contribution < -0.4 is 5.32 Å². The molecule has 2 spiro atoms. The summed E-state index contributed by atoms with van der Waals surface area (Å²) in [7, 11) is 0. The summed E-state index contributed by atoms with van der Waals surface area (Å²) in [6, 6.07) is 22.9. The van der Waals surface area contributed by atoms with Crippen LogP contribution in [-0.2, 0) is 19.2 Å². The zero-order valence-electron chi connectivity index (χ0n) is 28.4. The lowest BCUT2D eigenvalue weighted by molar-refractivity contribution is -0.134. The second-order valence-corrected chi connectivity index (χ2v) is 14.7. The monoisotopic (exact) mass is 758 g/mol. The van der Waals surface area contributed by atoms with Gasteiger partial charge in [-0.1, -0.05) is 72.4 Å². The van der Waals surface area contributed by atoms with Gasteiger partial charge in [-0.25, -0.2) is 0 Å². The molecule has 3 aromatic carbocycles. The molecule has 52 heavy (non-hydrogen) atoms. The van der Waals surface area contributed by atoms with Crippen LogP contribution in [0, 0.1) is 11.3 Å². The fourth-order valence-corrected chi connectivity index (χ4v) is 7.81. The number of nitriles is 1. The number of amides is 3. The summed E-state index contributed by atoms with van der Waals surface area (Å²) in [6.45, 7) is -0.208. The minimum atomic E-state index is -0.684. The van der Waals surface area contributed by atoms with E-state index in [0.29, 0.717) is 38.3 Å². The normalized spacial score (nSPS) is 18.7. The molecule has 0 unspecified atom stereocenters. The van der Waals surface area contributed by atoms with Crippen LogP contribution in [0.4, 0.5) is 5.69 Å². The summed E-state index contributed by atoms with van der Waals surface area (Å²) < 4.78 is 0. The zero-order chi connectivity index (χ0) is 36.9. The van der Waals surface area contributed by atoms with Gasteiger partial charge in [-0.3, -0.25) is 29.2 Å². The number of para-hydroxylation sites is 1. The Labute approximate surface area is 317 Å².